The maximum absolute atomic E-state index is 11.3. The van der Waals surface area contributed by atoms with Gasteiger partial charge in [0.15, 0.2) is 0 Å². The van der Waals surface area contributed by atoms with Crippen LogP contribution in [-0.4, -0.2) is 35.8 Å². The number of hydrogen-bond acceptors (Lipinski definition) is 5. The molecule has 1 aromatic rings. The summed E-state index contributed by atoms with van der Waals surface area (Å²) in [4.78, 5) is 12.9. The lowest BCUT2D eigenvalue weighted by Crippen LogP contribution is -2.38. The van der Waals surface area contributed by atoms with Gasteiger partial charge in [0.25, 0.3) is 0 Å². The maximum Gasteiger partial charge on any atom is 0.315 e. The molecular weight excluding hydrogens is 246 g/mol. The number of piperidine rings is 1. The highest BCUT2D eigenvalue weighted by atomic mass is 16.6. The van der Waals surface area contributed by atoms with Gasteiger partial charge in [0.05, 0.1) is 11.0 Å². The molecule has 1 aliphatic rings. The second-order valence-electron chi connectivity index (χ2n) is 4.70. The summed E-state index contributed by atoms with van der Waals surface area (Å²) in [7, 11) is 0. The van der Waals surface area contributed by atoms with Gasteiger partial charge in [-0.1, -0.05) is 6.07 Å². The van der Waals surface area contributed by atoms with Gasteiger partial charge in [0.1, 0.15) is 11.4 Å². The molecule has 0 saturated carbocycles. The second kappa shape index (κ2) is 5.88. The molecule has 1 fully saturated rings. The van der Waals surface area contributed by atoms with Crippen LogP contribution in [0.5, 0.6) is 0 Å². The van der Waals surface area contributed by atoms with Gasteiger partial charge >= 0.3 is 5.69 Å². The van der Waals surface area contributed by atoms with Crippen molar-refractivity contribution in [1.82, 2.24) is 0 Å². The SMILES string of the molecule is CCNc1cccc(N2CCCC(O)C2)c1[N+](=O)[O-]. The largest absolute Gasteiger partial charge is 0.391 e. The number of rotatable bonds is 4. The smallest absolute Gasteiger partial charge is 0.315 e. The number of aliphatic hydroxyl groups is 1. The minimum Gasteiger partial charge on any atom is -0.391 e. The van der Waals surface area contributed by atoms with Crippen LogP contribution in [0.25, 0.3) is 0 Å². The zero-order valence-corrected chi connectivity index (χ0v) is 11.0. The normalized spacial score (nSPS) is 19.3. The third-order valence-corrected chi connectivity index (χ3v) is 3.30. The molecule has 1 atom stereocenters. The van der Waals surface area contributed by atoms with E-state index in [2.05, 4.69) is 5.32 Å². The average molecular weight is 265 g/mol. The summed E-state index contributed by atoms with van der Waals surface area (Å²) in [6.45, 7) is 3.73. The lowest BCUT2D eigenvalue weighted by atomic mass is 10.1. The number of hydrogen-bond donors (Lipinski definition) is 2. The standard InChI is InChI=1S/C13H19N3O3/c1-2-14-11-6-3-7-12(13(11)16(18)19)15-8-4-5-10(17)9-15/h3,6-7,10,14,17H,2,4-5,8-9H2,1H3. The van der Waals surface area contributed by atoms with E-state index in [1.165, 1.54) is 0 Å². The molecule has 0 spiro atoms. The number of para-hydroxylation sites is 1. The van der Waals surface area contributed by atoms with Crippen LogP contribution in [0.1, 0.15) is 19.8 Å². The summed E-state index contributed by atoms with van der Waals surface area (Å²) in [5.41, 5.74) is 1.21. The number of nitrogens with one attached hydrogen (secondary N) is 1. The van der Waals surface area contributed by atoms with Gasteiger partial charge in [-0.3, -0.25) is 10.1 Å². The quantitative estimate of drug-likeness (QED) is 0.643. The molecule has 6 heteroatoms. The topological polar surface area (TPSA) is 78.6 Å². The Morgan fingerprint density at radius 1 is 1.58 bits per heavy atom. The highest BCUT2D eigenvalue weighted by Crippen LogP contribution is 2.36. The first-order chi connectivity index (χ1) is 9.13. The van der Waals surface area contributed by atoms with Crippen LogP contribution in [-0.2, 0) is 0 Å². The van der Waals surface area contributed by atoms with E-state index in [4.69, 9.17) is 0 Å². The van der Waals surface area contributed by atoms with Crippen LogP contribution in [0.3, 0.4) is 0 Å². The lowest BCUT2D eigenvalue weighted by Gasteiger charge is -2.31. The molecule has 1 aliphatic heterocycles. The van der Waals surface area contributed by atoms with Crippen molar-refractivity contribution in [2.24, 2.45) is 0 Å². The summed E-state index contributed by atoms with van der Waals surface area (Å²) in [6, 6.07) is 5.27. The van der Waals surface area contributed by atoms with E-state index in [0.717, 1.165) is 19.4 Å². The number of benzene rings is 1. The Hall–Kier alpha value is -1.82. The number of nitro benzene ring substituents is 1. The van der Waals surface area contributed by atoms with Gasteiger partial charge in [-0.25, -0.2) is 0 Å². The van der Waals surface area contributed by atoms with Crippen molar-refractivity contribution in [3.05, 3.63) is 28.3 Å². The van der Waals surface area contributed by atoms with Crippen LogP contribution < -0.4 is 10.2 Å². The second-order valence-corrected chi connectivity index (χ2v) is 4.70. The van der Waals surface area contributed by atoms with Crippen LogP contribution in [0.15, 0.2) is 18.2 Å². The molecule has 2 N–H and O–H groups in total. The average Bonchev–Trinajstić information content (AvgIpc) is 2.38. The Balaban J connectivity index is 2.38. The number of nitro groups is 1. The van der Waals surface area contributed by atoms with Crippen molar-refractivity contribution < 1.29 is 10.0 Å². The molecule has 0 bridgehead atoms. The first kappa shape index (κ1) is 13.6. The number of aliphatic hydroxyl groups excluding tert-OH is 1. The minimum atomic E-state index is -0.406. The Morgan fingerprint density at radius 3 is 3.00 bits per heavy atom. The van der Waals surface area contributed by atoms with E-state index >= 15 is 0 Å². The molecule has 0 aromatic heterocycles. The third kappa shape index (κ3) is 2.96. The van der Waals surface area contributed by atoms with Gasteiger partial charge in [0, 0.05) is 19.6 Å². The van der Waals surface area contributed by atoms with E-state index in [9.17, 15) is 15.2 Å². The predicted octanol–water partition coefficient (Wildman–Crippen LogP) is 1.99. The molecule has 19 heavy (non-hydrogen) atoms. The first-order valence-electron chi connectivity index (χ1n) is 6.57. The van der Waals surface area contributed by atoms with Crippen molar-refractivity contribution in [2.75, 3.05) is 29.9 Å². The van der Waals surface area contributed by atoms with Crippen LogP contribution in [0, 0.1) is 10.1 Å². The van der Waals surface area contributed by atoms with E-state index in [0.29, 0.717) is 24.5 Å². The monoisotopic (exact) mass is 265 g/mol. The van der Waals surface area contributed by atoms with E-state index in [1.54, 1.807) is 18.2 Å². The van der Waals surface area contributed by atoms with Gasteiger partial charge in [-0.2, -0.15) is 0 Å². The van der Waals surface area contributed by atoms with Crippen LogP contribution >= 0.6 is 0 Å². The Labute approximate surface area is 112 Å². The predicted molar refractivity (Wildman–Crippen MR) is 74.7 cm³/mol. The molecule has 1 saturated heterocycles. The Kier molecular flexibility index (Phi) is 4.21. The molecule has 104 valence electrons. The summed E-state index contributed by atoms with van der Waals surface area (Å²) in [5, 5.41) is 24.1. The van der Waals surface area contributed by atoms with E-state index in [1.807, 2.05) is 11.8 Å². The first-order valence-corrected chi connectivity index (χ1v) is 6.57. The highest BCUT2D eigenvalue weighted by molar-refractivity contribution is 5.77. The molecule has 6 nitrogen and oxygen atoms in total. The molecule has 0 amide bonds. The molecule has 0 aliphatic carbocycles. The molecule has 1 unspecified atom stereocenters. The van der Waals surface area contributed by atoms with Crippen molar-refractivity contribution in [3.8, 4) is 0 Å². The minimum absolute atomic E-state index is 0.0958. The van der Waals surface area contributed by atoms with E-state index in [-0.39, 0.29) is 10.6 Å². The summed E-state index contributed by atoms with van der Waals surface area (Å²) >= 11 is 0. The third-order valence-electron chi connectivity index (χ3n) is 3.30. The molecule has 0 radical (unpaired) electrons. The van der Waals surface area contributed by atoms with Gasteiger partial charge in [-0.05, 0) is 31.9 Å². The van der Waals surface area contributed by atoms with Crippen molar-refractivity contribution in [3.63, 3.8) is 0 Å². The fourth-order valence-corrected chi connectivity index (χ4v) is 2.49. The highest BCUT2D eigenvalue weighted by Gasteiger charge is 2.26. The molecule has 1 heterocycles. The fourth-order valence-electron chi connectivity index (χ4n) is 2.49. The van der Waals surface area contributed by atoms with Gasteiger partial charge in [-0.15, -0.1) is 0 Å². The summed E-state index contributed by atoms with van der Waals surface area (Å²) < 4.78 is 0. The van der Waals surface area contributed by atoms with Crippen molar-refractivity contribution >= 4 is 17.1 Å². The molecule has 1 aromatic carbocycles. The van der Waals surface area contributed by atoms with Crippen LogP contribution in [0.2, 0.25) is 0 Å². The summed E-state index contributed by atoms with van der Waals surface area (Å²) in [5.74, 6) is 0. The summed E-state index contributed by atoms with van der Waals surface area (Å²) in [6.07, 6.45) is 1.21. The van der Waals surface area contributed by atoms with E-state index < -0.39 is 6.10 Å². The number of nitrogens with zero attached hydrogens (tertiary/aromatic N) is 2. The van der Waals surface area contributed by atoms with Crippen molar-refractivity contribution in [1.29, 1.82) is 0 Å². The number of β-amino-alcohol motifs (C(OH)–C–C–N with tert-alkyl or cyclic N) is 1. The van der Waals surface area contributed by atoms with Gasteiger partial charge < -0.3 is 15.3 Å². The zero-order chi connectivity index (χ0) is 13.8. The maximum atomic E-state index is 11.3. The lowest BCUT2D eigenvalue weighted by molar-refractivity contribution is -0.383. The zero-order valence-electron chi connectivity index (χ0n) is 11.0. The fraction of sp³-hybridized carbons (Fsp3) is 0.538. The van der Waals surface area contributed by atoms with Crippen LogP contribution in [0.4, 0.5) is 17.1 Å². The Bertz CT molecular complexity index is 464. The van der Waals surface area contributed by atoms with Crippen molar-refractivity contribution in [2.45, 2.75) is 25.9 Å². The Morgan fingerprint density at radius 2 is 2.37 bits per heavy atom. The molecular formula is C13H19N3O3. The number of anilines is 2. The van der Waals surface area contributed by atoms with Gasteiger partial charge in [0.2, 0.25) is 0 Å². The molecule has 2 rings (SSSR count).